The summed E-state index contributed by atoms with van der Waals surface area (Å²) in [6, 6.07) is 14.6. The van der Waals surface area contributed by atoms with Gasteiger partial charge in [0.1, 0.15) is 6.61 Å². The molecule has 0 heterocycles. The lowest BCUT2D eigenvalue weighted by atomic mass is 10.1. The molecule has 5 nitrogen and oxygen atoms in total. The van der Waals surface area contributed by atoms with E-state index >= 15 is 0 Å². The number of Topliss-reactive ketones (excluding diaryl/α,β-unsaturated/α-hetero) is 1. The fourth-order valence-electron chi connectivity index (χ4n) is 1.94. The average Bonchev–Trinajstić information content (AvgIpc) is 2.54. The first kappa shape index (κ1) is 15.6. The van der Waals surface area contributed by atoms with Crippen LogP contribution in [-0.2, 0) is 22.6 Å². The third-order valence-electron chi connectivity index (χ3n) is 3.07. The molecular weight excluding hydrogens is 284 g/mol. The van der Waals surface area contributed by atoms with Crippen molar-refractivity contribution in [1.82, 2.24) is 0 Å². The Morgan fingerprint density at radius 2 is 1.73 bits per heavy atom. The van der Waals surface area contributed by atoms with Gasteiger partial charge in [0.2, 0.25) is 5.78 Å². The fraction of sp³-hybridized carbons (Fsp3) is 0.176. The van der Waals surface area contributed by atoms with Gasteiger partial charge >= 0.3 is 5.97 Å². The Hall–Kier alpha value is -2.82. The van der Waals surface area contributed by atoms with E-state index in [1.165, 1.54) is 7.11 Å². The average molecular weight is 300 g/mol. The SMILES string of the molecule is COc1ccc(CC(=O)C(=O)O)cc1OCc1ccccc1. The molecule has 0 bridgehead atoms. The number of carboxylic acids is 1. The first-order valence-corrected chi connectivity index (χ1v) is 6.70. The maximum atomic E-state index is 11.3. The second kappa shape index (κ2) is 7.26. The van der Waals surface area contributed by atoms with E-state index in [-0.39, 0.29) is 6.42 Å². The minimum Gasteiger partial charge on any atom is -0.493 e. The van der Waals surface area contributed by atoms with E-state index in [0.29, 0.717) is 23.7 Å². The van der Waals surface area contributed by atoms with Crippen molar-refractivity contribution in [3.63, 3.8) is 0 Å². The van der Waals surface area contributed by atoms with E-state index in [2.05, 4.69) is 0 Å². The molecule has 0 aliphatic heterocycles. The zero-order valence-electron chi connectivity index (χ0n) is 12.1. The summed E-state index contributed by atoms with van der Waals surface area (Å²) in [5.41, 5.74) is 1.56. The van der Waals surface area contributed by atoms with Crippen LogP contribution in [0.3, 0.4) is 0 Å². The van der Waals surface area contributed by atoms with Gasteiger partial charge in [-0.25, -0.2) is 4.79 Å². The molecule has 0 aliphatic carbocycles. The fourth-order valence-corrected chi connectivity index (χ4v) is 1.94. The van der Waals surface area contributed by atoms with Gasteiger partial charge in [-0.1, -0.05) is 36.4 Å². The van der Waals surface area contributed by atoms with E-state index in [1.807, 2.05) is 30.3 Å². The maximum absolute atomic E-state index is 11.3. The molecule has 114 valence electrons. The molecule has 0 aliphatic rings. The topological polar surface area (TPSA) is 72.8 Å². The standard InChI is InChI=1S/C17H16O5/c1-21-15-8-7-13(9-14(18)17(19)20)10-16(15)22-11-12-5-3-2-4-6-12/h2-8,10H,9,11H2,1H3,(H,19,20). The van der Waals surface area contributed by atoms with Gasteiger partial charge in [0.25, 0.3) is 0 Å². The van der Waals surface area contributed by atoms with Crippen LogP contribution in [0.2, 0.25) is 0 Å². The number of benzene rings is 2. The smallest absolute Gasteiger partial charge is 0.372 e. The molecule has 22 heavy (non-hydrogen) atoms. The lowest BCUT2D eigenvalue weighted by molar-refractivity contribution is -0.148. The molecule has 2 aromatic carbocycles. The molecule has 0 saturated heterocycles. The number of hydrogen-bond acceptors (Lipinski definition) is 4. The Kier molecular flexibility index (Phi) is 5.14. The zero-order chi connectivity index (χ0) is 15.9. The van der Waals surface area contributed by atoms with Gasteiger partial charge in [0.15, 0.2) is 11.5 Å². The number of carbonyl (C=O) groups excluding carboxylic acids is 1. The van der Waals surface area contributed by atoms with Crippen molar-refractivity contribution in [3.8, 4) is 11.5 Å². The molecular formula is C17H16O5. The third kappa shape index (κ3) is 4.09. The van der Waals surface area contributed by atoms with Crippen LogP contribution in [0, 0.1) is 0 Å². The quantitative estimate of drug-likeness (QED) is 0.795. The summed E-state index contributed by atoms with van der Waals surface area (Å²) in [6.45, 7) is 0.355. The minimum atomic E-state index is -1.44. The predicted octanol–water partition coefficient (Wildman–Crippen LogP) is 2.47. The van der Waals surface area contributed by atoms with Gasteiger partial charge < -0.3 is 14.6 Å². The number of carbonyl (C=O) groups is 2. The highest BCUT2D eigenvalue weighted by Crippen LogP contribution is 2.29. The second-order valence-electron chi connectivity index (χ2n) is 4.66. The number of carboxylic acid groups (broad SMARTS) is 1. The van der Waals surface area contributed by atoms with E-state index in [4.69, 9.17) is 14.6 Å². The van der Waals surface area contributed by atoms with Crippen molar-refractivity contribution in [2.75, 3.05) is 7.11 Å². The van der Waals surface area contributed by atoms with Crippen molar-refractivity contribution >= 4 is 11.8 Å². The molecule has 2 aromatic rings. The Balaban J connectivity index is 2.14. The Morgan fingerprint density at radius 1 is 1.00 bits per heavy atom. The van der Waals surface area contributed by atoms with E-state index in [0.717, 1.165) is 5.56 Å². The van der Waals surface area contributed by atoms with Gasteiger partial charge in [0, 0.05) is 6.42 Å². The van der Waals surface area contributed by atoms with Crippen LogP contribution >= 0.6 is 0 Å². The van der Waals surface area contributed by atoms with Crippen molar-refractivity contribution in [2.45, 2.75) is 13.0 Å². The summed E-state index contributed by atoms with van der Waals surface area (Å²) in [7, 11) is 1.52. The molecule has 0 fully saturated rings. The van der Waals surface area contributed by atoms with E-state index in [9.17, 15) is 9.59 Å². The number of hydrogen-bond donors (Lipinski definition) is 1. The first-order chi connectivity index (χ1) is 10.6. The summed E-state index contributed by atoms with van der Waals surface area (Å²) in [5.74, 6) is -1.30. The van der Waals surface area contributed by atoms with Crippen LogP contribution in [-0.4, -0.2) is 24.0 Å². The summed E-state index contributed by atoms with van der Waals surface area (Å²) in [4.78, 5) is 21.9. The monoisotopic (exact) mass is 300 g/mol. The van der Waals surface area contributed by atoms with E-state index in [1.54, 1.807) is 18.2 Å². The Morgan fingerprint density at radius 3 is 2.36 bits per heavy atom. The van der Waals surface area contributed by atoms with Crippen molar-refractivity contribution in [2.24, 2.45) is 0 Å². The largest absolute Gasteiger partial charge is 0.493 e. The predicted molar refractivity (Wildman–Crippen MR) is 80.1 cm³/mol. The van der Waals surface area contributed by atoms with Crippen molar-refractivity contribution in [1.29, 1.82) is 0 Å². The first-order valence-electron chi connectivity index (χ1n) is 6.70. The molecule has 0 saturated carbocycles. The van der Waals surface area contributed by atoms with Gasteiger partial charge in [-0.2, -0.15) is 0 Å². The number of ether oxygens (including phenoxy) is 2. The molecule has 0 amide bonds. The second-order valence-corrected chi connectivity index (χ2v) is 4.66. The molecule has 0 radical (unpaired) electrons. The molecule has 0 unspecified atom stereocenters. The molecule has 1 N–H and O–H groups in total. The summed E-state index contributed by atoms with van der Waals surface area (Å²) < 4.78 is 10.9. The number of aliphatic carboxylic acids is 1. The summed E-state index contributed by atoms with van der Waals surface area (Å²) in [5, 5.41) is 8.66. The molecule has 0 aromatic heterocycles. The van der Waals surface area contributed by atoms with Crippen LogP contribution in [0.25, 0.3) is 0 Å². The third-order valence-corrected chi connectivity index (χ3v) is 3.07. The van der Waals surface area contributed by atoms with Gasteiger partial charge in [-0.05, 0) is 23.3 Å². The normalized spacial score (nSPS) is 10.0. The Labute approximate surface area is 128 Å². The van der Waals surface area contributed by atoms with Crippen LogP contribution in [0.4, 0.5) is 0 Å². The highest BCUT2D eigenvalue weighted by Gasteiger charge is 2.14. The minimum absolute atomic E-state index is 0.180. The number of methoxy groups -OCH3 is 1. The summed E-state index contributed by atoms with van der Waals surface area (Å²) >= 11 is 0. The van der Waals surface area contributed by atoms with Gasteiger partial charge in [-0.3, -0.25) is 4.79 Å². The van der Waals surface area contributed by atoms with Crippen LogP contribution in [0.15, 0.2) is 48.5 Å². The number of ketones is 1. The van der Waals surface area contributed by atoms with Crippen LogP contribution in [0.1, 0.15) is 11.1 Å². The van der Waals surface area contributed by atoms with Crippen molar-refractivity contribution in [3.05, 3.63) is 59.7 Å². The molecule has 2 rings (SSSR count). The van der Waals surface area contributed by atoms with Crippen LogP contribution in [0.5, 0.6) is 11.5 Å². The van der Waals surface area contributed by atoms with Crippen molar-refractivity contribution < 1.29 is 24.2 Å². The maximum Gasteiger partial charge on any atom is 0.372 e. The summed E-state index contributed by atoms with van der Waals surface area (Å²) in [6.07, 6.45) is -0.180. The van der Waals surface area contributed by atoms with E-state index < -0.39 is 11.8 Å². The lowest BCUT2D eigenvalue weighted by Crippen LogP contribution is -2.15. The molecule has 5 heteroatoms. The highest BCUT2D eigenvalue weighted by atomic mass is 16.5. The molecule has 0 spiro atoms. The number of rotatable bonds is 7. The van der Waals surface area contributed by atoms with Gasteiger partial charge in [-0.15, -0.1) is 0 Å². The Bertz CT molecular complexity index is 664. The van der Waals surface area contributed by atoms with Crippen LogP contribution < -0.4 is 9.47 Å². The lowest BCUT2D eigenvalue weighted by Gasteiger charge is -2.12. The van der Waals surface area contributed by atoms with Gasteiger partial charge in [0.05, 0.1) is 7.11 Å². The molecule has 0 atom stereocenters. The highest BCUT2D eigenvalue weighted by molar-refractivity contribution is 6.33. The zero-order valence-corrected chi connectivity index (χ0v) is 12.1.